The van der Waals surface area contributed by atoms with Gasteiger partial charge < -0.3 is 4.90 Å². The zero-order valence-electron chi connectivity index (χ0n) is 12.6. The standard InChI is InChI=1S/C17H23ClN2O/c1-19-9-3-6-16(19)17(21)20-10-7-13(8-11-20)14-4-2-5-15(18)12-14/h2,4-5,12-13,16H,3,6-11H2,1H3. The molecule has 3 nitrogen and oxygen atoms in total. The van der Waals surface area contributed by atoms with E-state index in [2.05, 4.69) is 29.0 Å². The summed E-state index contributed by atoms with van der Waals surface area (Å²) in [5.41, 5.74) is 1.31. The largest absolute Gasteiger partial charge is 0.341 e. The topological polar surface area (TPSA) is 23.6 Å². The summed E-state index contributed by atoms with van der Waals surface area (Å²) in [6.45, 7) is 2.80. The normalized spacial score (nSPS) is 24.5. The number of benzene rings is 1. The zero-order valence-corrected chi connectivity index (χ0v) is 13.4. The molecule has 0 aromatic heterocycles. The molecule has 2 aliphatic heterocycles. The van der Waals surface area contributed by atoms with Crippen molar-refractivity contribution in [3.63, 3.8) is 0 Å². The van der Waals surface area contributed by atoms with E-state index in [0.29, 0.717) is 11.8 Å². The lowest BCUT2D eigenvalue weighted by Crippen LogP contribution is -2.47. The number of hydrogen-bond acceptors (Lipinski definition) is 2. The predicted molar refractivity (Wildman–Crippen MR) is 85.7 cm³/mol. The van der Waals surface area contributed by atoms with Gasteiger partial charge in [-0.15, -0.1) is 0 Å². The summed E-state index contributed by atoms with van der Waals surface area (Å²) >= 11 is 6.08. The van der Waals surface area contributed by atoms with Gasteiger partial charge in [-0.1, -0.05) is 23.7 Å². The molecule has 114 valence electrons. The van der Waals surface area contributed by atoms with Gasteiger partial charge in [-0.25, -0.2) is 0 Å². The highest BCUT2D eigenvalue weighted by atomic mass is 35.5. The fourth-order valence-corrected chi connectivity index (χ4v) is 3.83. The Morgan fingerprint density at radius 3 is 2.57 bits per heavy atom. The molecular weight excluding hydrogens is 284 g/mol. The van der Waals surface area contributed by atoms with Crippen molar-refractivity contribution in [1.82, 2.24) is 9.80 Å². The fourth-order valence-electron chi connectivity index (χ4n) is 3.63. The molecule has 0 bridgehead atoms. The van der Waals surface area contributed by atoms with Gasteiger partial charge in [-0.05, 0) is 62.9 Å². The van der Waals surface area contributed by atoms with Gasteiger partial charge in [-0.2, -0.15) is 0 Å². The summed E-state index contributed by atoms with van der Waals surface area (Å²) < 4.78 is 0. The summed E-state index contributed by atoms with van der Waals surface area (Å²) in [6.07, 6.45) is 4.25. The molecule has 1 aromatic rings. The number of piperidine rings is 1. The second-order valence-corrected chi connectivity index (χ2v) is 6.73. The molecule has 2 aliphatic rings. The van der Waals surface area contributed by atoms with Crippen LogP contribution < -0.4 is 0 Å². The Morgan fingerprint density at radius 1 is 1.19 bits per heavy atom. The Bertz CT molecular complexity index is 511. The number of amides is 1. The Balaban J connectivity index is 1.59. The van der Waals surface area contributed by atoms with Gasteiger partial charge in [0, 0.05) is 18.1 Å². The first-order valence-corrected chi connectivity index (χ1v) is 8.27. The highest BCUT2D eigenvalue weighted by Crippen LogP contribution is 2.30. The highest BCUT2D eigenvalue weighted by molar-refractivity contribution is 6.30. The zero-order chi connectivity index (χ0) is 14.8. The van der Waals surface area contributed by atoms with Crippen LogP contribution in [0.2, 0.25) is 5.02 Å². The maximum atomic E-state index is 12.6. The minimum atomic E-state index is 0.118. The number of likely N-dealkylation sites (N-methyl/N-ethyl adjacent to an activating group) is 1. The molecule has 2 heterocycles. The monoisotopic (exact) mass is 306 g/mol. The summed E-state index contributed by atoms with van der Waals surface area (Å²) in [4.78, 5) is 16.8. The number of nitrogens with zero attached hydrogens (tertiary/aromatic N) is 2. The van der Waals surface area contributed by atoms with Crippen LogP contribution in [-0.4, -0.2) is 48.4 Å². The maximum Gasteiger partial charge on any atom is 0.239 e. The molecule has 2 saturated heterocycles. The van der Waals surface area contributed by atoms with Gasteiger partial charge in [0.25, 0.3) is 0 Å². The van der Waals surface area contributed by atoms with E-state index in [1.54, 1.807) is 0 Å². The smallest absolute Gasteiger partial charge is 0.239 e. The van der Waals surface area contributed by atoms with Crippen LogP contribution in [-0.2, 0) is 4.79 Å². The molecule has 0 spiro atoms. The predicted octanol–water partition coefficient (Wildman–Crippen LogP) is 3.14. The van der Waals surface area contributed by atoms with Gasteiger partial charge in [0.1, 0.15) is 0 Å². The van der Waals surface area contributed by atoms with Crippen LogP contribution in [0.15, 0.2) is 24.3 Å². The number of carbonyl (C=O) groups is 1. The van der Waals surface area contributed by atoms with E-state index >= 15 is 0 Å². The van der Waals surface area contributed by atoms with Crippen LogP contribution in [0.5, 0.6) is 0 Å². The van der Waals surface area contributed by atoms with Gasteiger partial charge >= 0.3 is 0 Å². The molecule has 1 unspecified atom stereocenters. The number of halogens is 1. The Hall–Kier alpha value is -1.06. The molecule has 21 heavy (non-hydrogen) atoms. The number of likely N-dealkylation sites (tertiary alicyclic amines) is 2. The second kappa shape index (κ2) is 6.37. The first-order chi connectivity index (χ1) is 10.1. The minimum Gasteiger partial charge on any atom is -0.341 e. The third kappa shape index (κ3) is 3.24. The average molecular weight is 307 g/mol. The summed E-state index contributed by atoms with van der Waals surface area (Å²) in [5, 5.41) is 0.804. The third-order valence-corrected chi connectivity index (χ3v) is 5.17. The van der Waals surface area contributed by atoms with Gasteiger partial charge in [-0.3, -0.25) is 9.69 Å². The molecule has 4 heteroatoms. The van der Waals surface area contributed by atoms with Gasteiger partial charge in [0.05, 0.1) is 6.04 Å². The van der Waals surface area contributed by atoms with E-state index < -0.39 is 0 Å². The molecule has 0 radical (unpaired) electrons. The molecule has 1 aromatic carbocycles. The Labute approximate surface area is 131 Å². The summed E-state index contributed by atoms with van der Waals surface area (Å²) in [5.74, 6) is 0.869. The van der Waals surface area contributed by atoms with Crippen molar-refractivity contribution >= 4 is 17.5 Å². The molecule has 0 N–H and O–H groups in total. The van der Waals surface area contributed by atoms with Crippen molar-refractivity contribution in [2.24, 2.45) is 0 Å². The Morgan fingerprint density at radius 2 is 1.95 bits per heavy atom. The fraction of sp³-hybridized carbons (Fsp3) is 0.588. The lowest BCUT2D eigenvalue weighted by molar-refractivity contribution is -0.136. The molecule has 2 fully saturated rings. The van der Waals surface area contributed by atoms with Crippen molar-refractivity contribution in [2.75, 3.05) is 26.7 Å². The van der Waals surface area contributed by atoms with Gasteiger partial charge in [0.15, 0.2) is 0 Å². The summed E-state index contributed by atoms with van der Waals surface area (Å²) in [7, 11) is 2.06. The van der Waals surface area contributed by atoms with Crippen LogP contribution in [0.25, 0.3) is 0 Å². The van der Waals surface area contributed by atoms with Crippen LogP contribution in [0.3, 0.4) is 0 Å². The first kappa shape index (κ1) is 14.9. The molecule has 0 aliphatic carbocycles. The van der Waals surface area contributed by atoms with Crippen molar-refractivity contribution in [2.45, 2.75) is 37.6 Å². The SMILES string of the molecule is CN1CCCC1C(=O)N1CCC(c2cccc(Cl)c2)CC1. The van der Waals surface area contributed by atoms with E-state index in [-0.39, 0.29) is 6.04 Å². The molecular formula is C17H23ClN2O. The Kier molecular flexibility index (Phi) is 4.51. The summed E-state index contributed by atoms with van der Waals surface area (Å²) in [6, 6.07) is 8.27. The van der Waals surface area contributed by atoms with E-state index in [9.17, 15) is 4.79 Å². The number of hydrogen-bond donors (Lipinski definition) is 0. The van der Waals surface area contributed by atoms with Crippen LogP contribution in [0.4, 0.5) is 0 Å². The molecule has 1 amide bonds. The second-order valence-electron chi connectivity index (χ2n) is 6.29. The van der Waals surface area contributed by atoms with Crippen molar-refractivity contribution < 1.29 is 4.79 Å². The molecule has 0 saturated carbocycles. The molecule has 3 rings (SSSR count). The van der Waals surface area contributed by atoms with E-state index in [1.807, 2.05) is 12.1 Å². The minimum absolute atomic E-state index is 0.118. The average Bonchev–Trinajstić information content (AvgIpc) is 2.93. The van der Waals surface area contributed by atoms with Crippen molar-refractivity contribution in [3.05, 3.63) is 34.9 Å². The van der Waals surface area contributed by atoms with Crippen molar-refractivity contribution in [1.29, 1.82) is 0 Å². The highest BCUT2D eigenvalue weighted by Gasteiger charge is 2.33. The van der Waals surface area contributed by atoms with E-state index in [1.165, 1.54) is 5.56 Å². The molecule has 1 atom stereocenters. The van der Waals surface area contributed by atoms with E-state index in [4.69, 9.17) is 11.6 Å². The van der Waals surface area contributed by atoms with E-state index in [0.717, 1.165) is 50.3 Å². The van der Waals surface area contributed by atoms with Crippen LogP contribution >= 0.6 is 11.6 Å². The van der Waals surface area contributed by atoms with Gasteiger partial charge in [0.2, 0.25) is 5.91 Å². The number of rotatable bonds is 2. The van der Waals surface area contributed by atoms with Crippen LogP contribution in [0.1, 0.15) is 37.2 Å². The van der Waals surface area contributed by atoms with Crippen molar-refractivity contribution in [3.8, 4) is 0 Å². The lowest BCUT2D eigenvalue weighted by Gasteiger charge is -2.35. The first-order valence-electron chi connectivity index (χ1n) is 7.89. The van der Waals surface area contributed by atoms with Crippen LogP contribution in [0, 0.1) is 0 Å². The third-order valence-electron chi connectivity index (χ3n) is 4.93. The lowest BCUT2D eigenvalue weighted by atomic mass is 9.89. The number of carbonyl (C=O) groups excluding carboxylic acids is 1. The quantitative estimate of drug-likeness (QED) is 0.838. The maximum absolute atomic E-state index is 12.6.